The summed E-state index contributed by atoms with van der Waals surface area (Å²) in [6.07, 6.45) is 3.87. The molecule has 2 heterocycles. The Hall–Kier alpha value is -2.57. The van der Waals surface area contributed by atoms with Crippen molar-refractivity contribution in [1.82, 2.24) is 15.6 Å². The third-order valence-electron chi connectivity index (χ3n) is 5.52. The lowest BCUT2D eigenvalue weighted by Gasteiger charge is -2.15. The molecule has 1 aliphatic heterocycles. The molecule has 2 aromatic carbocycles. The predicted molar refractivity (Wildman–Crippen MR) is 123 cm³/mol. The number of unbranched alkanes of at least 4 members (excludes halogenated alkanes) is 1. The Balaban J connectivity index is 1.43. The van der Waals surface area contributed by atoms with Crippen molar-refractivity contribution >= 4 is 45.0 Å². The summed E-state index contributed by atoms with van der Waals surface area (Å²) in [5.74, 6) is 0.916. The third-order valence-corrected chi connectivity index (χ3v) is 5.76. The van der Waals surface area contributed by atoms with Gasteiger partial charge in [0, 0.05) is 28.9 Å². The molecule has 7 heteroatoms. The molecule has 0 aliphatic carbocycles. The van der Waals surface area contributed by atoms with Crippen molar-refractivity contribution in [2.24, 2.45) is 0 Å². The molecule has 3 N–H and O–H groups in total. The van der Waals surface area contributed by atoms with Crippen molar-refractivity contribution in [2.75, 3.05) is 32.1 Å². The van der Waals surface area contributed by atoms with E-state index in [0.717, 1.165) is 72.0 Å². The fraction of sp³-hybridized carbons (Fsp3) is 0.391. The van der Waals surface area contributed by atoms with Gasteiger partial charge in [0.2, 0.25) is 5.91 Å². The Morgan fingerprint density at radius 3 is 2.83 bits per heavy atom. The molecular formula is C23H27ClN4O2. The monoisotopic (exact) mass is 426 g/mol. The number of fused-ring (bicyclic) bond motifs is 2. The summed E-state index contributed by atoms with van der Waals surface area (Å²) in [7, 11) is 1.66. The summed E-state index contributed by atoms with van der Waals surface area (Å²) in [6.45, 7) is 2.43. The zero-order valence-corrected chi connectivity index (χ0v) is 17.9. The first-order valence-electron chi connectivity index (χ1n) is 10.5. The van der Waals surface area contributed by atoms with E-state index in [1.54, 1.807) is 7.11 Å². The van der Waals surface area contributed by atoms with Crippen LogP contribution in [0.3, 0.4) is 0 Å². The summed E-state index contributed by atoms with van der Waals surface area (Å²) >= 11 is 6.18. The fourth-order valence-corrected chi connectivity index (χ4v) is 4.09. The highest BCUT2D eigenvalue weighted by atomic mass is 35.5. The number of hydrogen-bond acceptors (Lipinski definition) is 5. The van der Waals surface area contributed by atoms with Crippen LogP contribution in [-0.4, -0.2) is 43.7 Å². The first kappa shape index (κ1) is 20.7. The molecule has 3 aromatic rings. The number of benzene rings is 2. The summed E-state index contributed by atoms with van der Waals surface area (Å²) in [6, 6.07) is 11.6. The Morgan fingerprint density at radius 2 is 2.03 bits per heavy atom. The van der Waals surface area contributed by atoms with Crippen LogP contribution in [0.25, 0.3) is 21.8 Å². The third kappa shape index (κ3) is 4.60. The zero-order valence-electron chi connectivity index (χ0n) is 17.1. The van der Waals surface area contributed by atoms with Gasteiger partial charge in [-0.2, -0.15) is 0 Å². The van der Waals surface area contributed by atoms with E-state index < -0.39 is 0 Å². The second-order valence-corrected chi connectivity index (χ2v) is 8.04. The lowest BCUT2D eigenvalue weighted by molar-refractivity contribution is -0.122. The number of nitrogens with zero attached hydrogens (tertiary/aromatic N) is 1. The van der Waals surface area contributed by atoms with Gasteiger partial charge in [-0.1, -0.05) is 11.6 Å². The first-order valence-corrected chi connectivity index (χ1v) is 10.9. The highest BCUT2D eigenvalue weighted by molar-refractivity contribution is 6.31. The lowest BCUT2D eigenvalue weighted by atomic mass is 10.1. The Kier molecular flexibility index (Phi) is 6.55. The fourth-order valence-electron chi connectivity index (χ4n) is 3.92. The number of aromatic nitrogens is 1. The molecule has 30 heavy (non-hydrogen) atoms. The zero-order chi connectivity index (χ0) is 20.9. The molecule has 1 saturated heterocycles. The minimum absolute atomic E-state index is 0.0144. The van der Waals surface area contributed by atoms with Crippen molar-refractivity contribution in [3.63, 3.8) is 0 Å². The maximum Gasteiger partial charge on any atom is 0.237 e. The van der Waals surface area contributed by atoms with Crippen LogP contribution in [-0.2, 0) is 4.79 Å². The molecule has 1 fully saturated rings. The van der Waals surface area contributed by atoms with Crippen molar-refractivity contribution < 1.29 is 9.53 Å². The normalized spacial score (nSPS) is 16.1. The summed E-state index contributed by atoms with van der Waals surface area (Å²) < 4.78 is 5.41. The number of halogens is 1. The van der Waals surface area contributed by atoms with Gasteiger partial charge >= 0.3 is 0 Å². The van der Waals surface area contributed by atoms with Crippen LogP contribution in [0.5, 0.6) is 5.75 Å². The first-order chi connectivity index (χ1) is 14.7. The molecule has 1 amide bonds. The molecule has 1 aliphatic rings. The standard InChI is InChI=1S/C23H27ClN4O2/c1-30-16-7-9-19-18(14-16)22(17-8-6-15(24)13-21(17)28-19)26-10-2-3-11-27-23(29)20-5-4-12-25-20/h6-9,13-14,20,25H,2-5,10-12H2,1H3,(H,26,28)(H,27,29)/t20-/m0/s1. The van der Waals surface area contributed by atoms with E-state index in [2.05, 4.69) is 16.0 Å². The summed E-state index contributed by atoms with van der Waals surface area (Å²) in [5, 5.41) is 12.6. The van der Waals surface area contributed by atoms with E-state index in [4.69, 9.17) is 21.3 Å². The molecule has 0 unspecified atom stereocenters. The number of anilines is 1. The van der Waals surface area contributed by atoms with Crippen LogP contribution < -0.4 is 20.7 Å². The summed E-state index contributed by atoms with van der Waals surface area (Å²) in [4.78, 5) is 16.8. The number of rotatable bonds is 8. The van der Waals surface area contributed by atoms with Crippen LogP contribution in [0.15, 0.2) is 36.4 Å². The van der Waals surface area contributed by atoms with Crippen LogP contribution in [0.1, 0.15) is 25.7 Å². The predicted octanol–water partition coefficient (Wildman–Crippen LogP) is 4.11. The number of amides is 1. The van der Waals surface area contributed by atoms with E-state index in [1.807, 2.05) is 36.4 Å². The maximum absolute atomic E-state index is 12.1. The minimum atomic E-state index is -0.0144. The Bertz CT molecular complexity index is 1050. The second kappa shape index (κ2) is 9.49. The molecule has 158 valence electrons. The molecule has 1 aromatic heterocycles. The smallest absolute Gasteiger partial charge is 0.237 e. The van der Waals surface area contributed by atoms with E-state index in [-0.39, 0.29) is 11.9 Å². The number of methoxy groups -OCH3 is 1. The van der Waals surface area contributed by atoms with Crippen molar-refractivity contribution in [3.05, 3.63) is 41.4 Å². The number of nitrogens with one attached hydrogen (secondary N) is 3. The van der Waals surface area contributed by atoms with Gasteiger partial charge in [-0.15, -0.1) is 0 Å². The number of pyridine rings is 1. The van der Waals surface area contributed by atoms with Gasteiger partial charge in [0.1, 0.15) is 5.75 Å². The number of hydrogen-bond donors (Lipinski definition) is 3. The Morgan fingerprint density at radius 1 is 1.17 bits per heavy atom. The average Bonchev–Trinajstić information content (AvgIpc) is 3.30. The summed E-state index contributed by atoms with van der Waals surface area (Å²) in [5.41, 5.74) is 2.79. The van der Waals surface area contributed by atoms with E-state index in [1.165, 1.54) is 0 Å². The van der Waals surface area contributed by atoms with Crippen molar-refractivity contribution in [2.45, 2.75) is 31.7 Å². The molecule has 0 radical (unpaired) electrons. The number of ether oxygens (including phenoxy) is 1. The molecule has 6 nitrogen and oxygen atoms in total. The highest BCUT2D eigenvalue weighted by Gasteiger charge is 2.21. The van der Waals surface area contributed by atoms with Gasteiger partial charge in [-0.25, -0.2) is 4.98 Å². The molecule has 4 rings (SSSR count). The molecule has 0 spiro atoms. The largest absolute Gasteiger partial charge is 0.497 e. The minimum Gasteiger partial charge on any atom is -0.497 e. The SMILES string of the molecule is COc1ccc2nc3cc(Cl)ccc3c(NCCCCNC(=O)[C@@H]3CCCN3)c2c1. The van der Waals surface area contributed by atoms with Gasteiger partial charge in [0.25, 0.3) is 0 Å². The van der Waals surface area contributed by atoms with Crippen LogP contribution in [0.4, 0.5) is 5.69 Å². The maximum atomic E-state index is 12.1. The second-order valence-electron chi connectivity index (χ2n) is 7.61. The number of carbonyl (C=O) groups excluding carboxylic acids is 1. The topological polar surface area (TPSA) is 75.3 Å². The average molecular weight is 427 g/mol. The van der Waals surface area contributed by atoms with E-state index >= 15 is 0 Å². The number of carbonyl (C=O) groups is 1. The van der Waals surface area contributed by atoms with Crippen LogP contribution in [0, 0.1) is 0 Å². The lowest BCUT2D eigenvalue weighted by Crippen LogP contribution is -2.40. The van der Waals surface area contributed by atoms with Crippen molar-refractivity contribution in [3.8, 4) is 5.75 Å². The molecular weight excluding hydrogens is 400 g/mol. The van der Waals surface area contributed by atoms with Gasteiger partial charge in [-0.05, 0) is 68.6 Å². The van der Waals surface area contributed by atoms with Gasteiger partial charge in [-0.3, -0.25) is 4.79 Å². The Labute approximate surface area is 181 Å². The molecule has 0 bridgehead atoms. The van der Waals surface area contributed by atoms with Gasteiger partial charge in [0.15, 0.2) is 0 Å². The highest BCUT2D eigenvalue weighted by Crippen LogP contribution is 2.34. The quantitative estimate of drug-likeness (QED) is 0.373. The van der Waals surface area contributed by atoms with Gasteiger partial charge in [0.05, 0.1) is 29.9 Å². The van der Waals surface area contributed by atoms with E-state index in [0.29, 0.717) is 11.6 Å². The van der Waals surface area contributed by atoms with Crippen molar-refractivity contribution in [1.29, 1.82) is 0 Å². The van der Waals surface area contributed by atoms with Crippen LogP contribution in [0.2, 0.25) is 5.02 Å². The van der Waals surface area contributed by atoms with Gasteiger partial charge < -0.3 is 20.7 Å². The van der Waals surface area contributed by atoms with Crippen LogP contribution >= 0.6 is 11.6 Å². The van der Waals surface area contributed by atoms with E-state index in [9.17, 15) is 4.79 Å². The molecule has 1 atom stereocenters. The molecule has 0 saturated carbocycles.